The largest absolute Gasteiger partial charge is 0.317 e. The van der Waals surface area contributed by atoms with Crippen molar-refractivity contribution < 1.29 is 4.79 Å². The number of carbonyl (C=O) groups is 1. The number of carbonyl (C=O) groups excluding carboxylic acids is 1. The first-order valence-electron chi connectivity index (χ1n) is 7.80. The first-order valence-corrected chi connectivity index (χ1v) is 8.62. The molecule has 3 heterocycles. The molecule has 116 valence electrons. The van der Waals surface area contributed by atoms with Crippen LogP contribution in [0.15, 0.2) is 12.1 Å². The lowest BCUT2D eigenvalue weighted by molar-refractivity contribution is -0.134. The number of thiophene rings is 1. The van der Waals surface area contributed by atoms with Crippen molar-refractivity contribution in [2.45, 2.75) is 45.4 Å². The van der Waals surface area contributed by atoms with E-state index in [1.165, 1.54) is 9.75 Å². The summed E-state index contributed by atoms with van der Waals surface area (Å²) in [4.78, 5) is 19.7. The van der Waals surface area contributed by atoms with Gasteiger partial charge < -0.3 is 9.80 Å². The van der Waals surface area contributed by atoms with Gasteiger partial charge in [0.15, 0.2) is 0 Å². The number of nitrogens with one attached hydrogen (secondary N) is 1. The van der Waals surface area contributed by atoms with Gasteiger partial charge in [-0.1, -0.05) is 6.92 Å². The Hall–Kier alpha value is -0.910. The molecule has 2 saturated heterocycles. The first kappa shape index (κ1) is 15.0. The van der Waals surface area contributed by atoms with Crippen LogP contribution in [0.1, 0.15) is 36.2 Å². The van der Waals surface area contributed by atoms with Crippen molar-refractivity contribution in [3.05, 3.63) is 21.9 Å². The smallest absolute Gasteiger partial charge is 0.241 e. The molecule has 0 aromatic carbocycles. The summed E-state index contributed by atoms with van der Waals surface area (Å²) >= 11 is 1.79. The Bertz CT molecular complexity index is 529. The highest BCUT2D eigenvalue weighted by Crippen LogP contribution is 2.35. The highest BCUT2D eigenvalue weighted by atomic mass is 32.1. The fourth-order valence-electron chi connectivity index (χ4n) is 3.67. The van der Waals surface area contributed by atoms with Crippen molar-refractivity contribution in [2.75, 3.05) is 20.1 Å². The molecule has 0 bridgehead atoms. The van der Waals surface area contributed by atoms with Crippen LogP contribution in [-0.4, -0.2) is 47.9 Å². The van der Waals surface area contributed by atoms with Crippen molar-refractivity contribution in [1.82, 2.24) is 15.1 Å². The van der Waals surface area contributed by atoms with Gasteiger partial charge in [0, 0.05) is 22.3 Å². The molecule has 3 rings (SSSR count). The normalized spacial score (nSPS) is 34.7. The molecule has 1 N–H and O–H groups in total. The van der Waals surface area contributed by atoms with E-state index < -0.39 is 0 Å². The Balaban J connectivity index is 1.87. The minimum Gasteiger partial charge on any atom is -0.317 e. The van der Waals surface area contributed by atoms with E-state index in [9.17, 15) is 4.79 Å². The number of rotatable bonds is 2. The van der Waals surface area contributed by atoms with Crippen LogP contribution in [0.2, 0.25) is 0 Å². The maximum absolute atomic E-state index is 12.7. The fraction of sp³-hybridized carbons (Fsp3) is 0.688. The molecule has 2 aliphatic heterocycles. The standard InChI is InChI=1S/C16H25N3OS/c1-10-9-18(4)8-7-13(10)19-15(17-12(3)16(19)20)14-6-5-11(2)21-14/h5-6,10,12-13,15,17H,7-9H2,1-4H3. The van der Waals surface area contributed by atoms with Gasteiger partial charge in [-0.2, -0.15) is 0 Å². The zero-order valence-corrected chi connectivity index (χ0v) is 14.1. The molecular weight excluding hydrogens is 282 g/mol. The Kier molecular flexibility index (Phi) is 4.08. The minimum atomic E-state index is -0.0794. The summed E-state index contributed by atoms with van der Waals surface area (Å²) in [5.74, 6) is 0.774. The third kappa shape index (κ3) is 2.74. The molecule has 4 atom stereocenters. The van der Waals surface area contributed by atoms with Crippen LogP contribution in [0.4, 0.5) is 0 Å². The molecule has 0 radical (unpaired) electrons. The number of piperidine rings is 1. The summed E-state index contributed by atoms with van der Waals surface area (Å²) in [6.45, 7) is 8.52. The van der Waals surface area contributed by atoms with E-state index in [1.54, 1.807) is 11.3 Å². The Morgan fingerprint density at radius 1 is 1.33 bits per heavy atom. The van der Waals surface area contributed by atoms with Gasteiger partial charge in [0.1, 0.15) is 6.17 Å². The van der Waals surface area contributed by atoms with E-state index >= 15 is 0 Å². The lowest BCUT2D eigenvalue weighted by Gasteiger charge is -2.42. The quantitative estimate of drug-likeness (QED) is 0.910. The number of likely N-dealkylation sites (tertiary alicyclic amines) is 1. The number of aryl methyl sites for hydroxylation is 1. The summed E-state index contributed by atoms with van der Waals surface area (Å²) in [6.07, 6.45) is 1.13. The van der Waals surface area contributed by atoms with E-state index in [4.69, 9.17) is 0 Å². The first-order chi connectivity index (χ1) is 9.97. The second kappa shape index (κ2) is 5.71. The molecule has 4 nitrogen and oxygen atoms in total. The third-order valence-electron chi connectivity index (χ3n) is 4.76. The van der Waals surface area contributed by atoms with Gasteiger partial charge in [0.05, 0.1) is 6.04 Å². The van der Waals surface area contributed by atoms with Gasteiger partial charge in [0.25, 0.3) is 0 Å². The zero-order valence-electron chi connectivity index (χ0n) is 13.3. The van der Waals surface area contributed by atoms with Gasteiger partial charge in [-0.25, -0.2) is 0 Å². The molecule has 4 unspecified atom stereocenters. The Morgan fingerprint density at radius 2 is 2.10 bits per heavy atom. The van der Waals surface area contributed by atoms with Crippen LogP contribution in [0.3, 0.4) is 0 Å². The SMILES string of the molecule is Cc1ccc(C2NC(C)C(=O)N2C2CCN(C)CC2C)s1. The summed E-state index contributed by atoms with van der Waals surface area (Å²) in [6, 6.07) is 4.57. The van der Waals surface area contributed by atoms with Crippen LogP contribution in [0.25, 0.3) is 0 Å². The van der Waals surface area contributed by atoms with E-state index in [0.29, 0.717) is 12.0 Å². The molecule has 0 saturated carbocycles. The molecule has 1 aromatic heterocycles. The average Bonchev–Trinajstić information content (AvgIpc) is 2.96. The van der Waals surface area contributed by atoms with Gasteiger partial charge in [-0.15, -0.1) is 11.3 Å². The molecule has 1 amide bonds. The molecule has 2 aliphatic rings. The number of hydrogen-bond acceptors (Lipinski definition) is 4. The number of hydrogen-bond donors (Lipinski definition) is 1. The summed E-state index contributed by atoms with van der Waals surface area (Å²) in [5.41, 5.74) is 0. The average molecular weight is 307 g/mol. The highest BCUT2D eigenvalue weighted by Gasteiger charge is 2.44. The zero-order chi connectivity index (χ0) is 15.1. The lowest BCUT2D eigenvalue weighted by Crippen LogP contribution is -2.51. The maximum atomic E-state index is 12.7. The van der Waals surface area contributed by atoms with Gasteiger partial charge in [-0.05, 0) is 51.9 Å². The maximum Gasteiger partial charge on any atom is 0.241 e. The molecule has 2 fully saturated rings. The van der Waals surface area contributed by atoms with Crippen LogP contribution in [0.5, 0.6) is 0 Å². The molecule has 0 aliphatic carbocycles. The summed E-state index contributed by atoms with van der Waals surface area (Å²) < 4.78 is 0. The van der Waals surface area contributed by atoms with E-state index in [-0.39, 0.29) is 18.1 Å². The van der Waals surface area contributed by atoms with Crippen molar-refractivity contribution in [3.8, 4) is 0 Å². The van der Waals surface area contributed by atoms with E-state index in [1.807, 2.05) is 6.92 Å². The molecule has 0 spiro atoms. The molecule has 1 aromatic rings. The fourth-order valence-corrected chi connectivity index (χ4v) is 4.61. The highest BCUT2D eigenvalue weighted by molar-refractivity contribution is 7.12. The number of nitrogens with zero attached hydrogens (tertiary/aromatic N) is 2. The summed E-state index contributed by atoms with van der Waals surface area (Å²) in [7, 11) is 2.17. The molecule has 21 heavy (non-hydrogen) atoms. The second-order valence-electron chi connectivity index (χ2n) is 6.58. The topological polar surface area (TPSA) is 35.6 Å². The van der Waals surface area contributed by atoms with Crippen LogP contribution < -0.4 is 5.32 Å². The number of amides is 1. The van der Waals surface area contributed by atoms with Crippen LogP contribution in [0, 0.1) is 12.8 Å². The monoisotopic (exact) mass is 307 g/mol. The van der Waals surface area contributed by atoms with E-state index in [2.05, 4.69) is 48.1 Å². The van der Waals surface area contributed by atoms with Crippen LogP contribution in [-0.2, 0) is 4.79 Å². The lowest BCUT2D eigenvalue weighted by atomic mass is 9.92. The Morgan fingerprint density at radius 3 is 2.71 bits per heavy atom. The van der Waals surface area contributed by atoms with Crippen molar-refractivity contribution in [1.29, 1.82) is 0 Å². The van der Waals surface area contributed by atoms with Crippen molar-refractivity contribution in [3.63, 3.8) is 0 Å². The summed E-state index contributed by atoms with van der Waals surface area (Å²) in [5, 5.41) is 3.49. The van der Waals surface area contributed by atoms with Crippen molar-refractivity contribution in [2.24, 2.45) is 5.92 Å². The van der Waals surface area contributed by atoms with Crippen LogP contribution >= 0.6 is 11.3 Å². The predicted molar refractivity (Wildman–Crippen MR) is 86.3 cm³/mol. The second-order valence-corrected chi connectivity index (χ2v) is 7.90. The third-order valence-corrected chi connectivity index (χ3v) is 5.82. The van der Waals surface area contributed by atoms with Gasteiger partial charge >= 0.3 is 0 Å². The molecule has 5 heteroatoms. The van der Waals surface area contributed by atoms with Gasteiger partial charge in [0.2, 0.25) is 5.91 Å². The minimum absolute atomic E-state index is 0.0575. The van der Waals surface area contributed by atoms with Crippen molar-refractivity contribution >= 4 is 17.2 Å². The predicted octanol–water partition coefficient (Wildman–Crippen LogP) is 2.22. The van der Waals surface area contributed by atoms with Gasteiger partial charge in [-0.3, -0.25) is 10.1 Å². The molecular formula is C16H25N3OS. The van der Waals surface area contributed by atoms with E-state index in [0.717, 1.165) is 19.5 Å². The Labute approximate surface area is 131 Å².